The number of carbonyl (C=O) groups is 3. The number of alkyl halides is 3. The maximum absolute atomic E-state index is 12.5. The van der Waals surface area contributed by atoms with E-state index >= 15 is 0 Å². The Bertz CT molecular complexity index is 648. The van der Waals surface area contributed by atoms with Crippen LogP contribution in [0.25, 0.3) is 0 Å². The zero-order valence-corrected chi connectivity index (χ0v) is 17.7. The molecule has 1 saturated carbocycles. The Kier molecular flexibility index (Phi) is 8.66. The molecule has 0 aromatic rings. The third-order valence-corrected chi connectivity index (χ3v) is 5.60. The van der Waals surface area contributed by atoms with Crippen molar-refractivity contribution in [2.24, 2.45) is 0 Å². The molecular weight excluding hydrogens is 423 g/mol. The number of carboxylic acid groups (broad SMARTS) is 1. The minimum atomic E-state index is -5.08. The number of morpholine rings is 1. The summed E-state index contributed by atoms with van der Waals surface area (Å²) in [4.78, 5) is 37.1. The van der Waals surface area contributed by atoms with E-state index in [1.807, 2.05) is 14.0 Å². The van der Waals surface area contributed by atoms with Gasteiger partial charge in [0.25, 0.3) is 0 Å². The van der Waals surface area contributed by atoms with Gasteiger partial charge in [0, 0.05) is 19.2 Å². The SMILES string of the molecule is CCOCC(=O)N1CC2(C1)CN(C)C(C(=O)NC1CCCC1)CO2.O=C(O)C(F)(F)F. The molecule has 1 atom stereocenters. The first-order chi connectivity index (χ1) is 14.5. The molecule has 12 heteroatoms. The van der Waals surface area contributed by atoms with Crippen molar-refractivity contribution in [3.05, 3.63) is 0 Å². The van der Waals surface area contributed by atoms with E-state index in [1.54, 1.807) is 4.90 Å². The number of hydrogen-bond donors (Lipinski definition) is 2. The number of aliphatic carboxylic acids is 1. The van der Waals surface area contributed by atoms with Gasteiger partial charge in [0.1, 0.15) is 18.2 Å². The molecule has 0 aromatic carbocycles. The molecule has 2 saturated heterocycles. The van der Waals surface area contributed by atoms with Crippen LogP contribution in [0.1, 0.15) is 32.6 Å². The zero-order chi connectivity index (χ0) is 23.2. The Labute approximate surface area is 178 Å². The summed E-state index contributed by atoms with van der Waals surface area (Å²) in [5.74, 6) is -2.68. The second-order valence-corrected chi connectivity index (χ2v) is 8.10. The van der Waals surface area contributed by atoms with Gasteiger partial charge in [-0.05, 0) is 26.8 Å². The van der Waals surface area contributed by atoms with Gasteiger partial charge in [0.2, 0.25) is 11.8 Å². The van der Waals surface area contributed by atoms with Gasteiger partial charge in [0.15, 0.2) is 0 Å². The average molecular weight is 453 g/mol. The third-order valence-electron chi connectivity index (χ3n) is 5.60. The number of nitrogens with zero attached hydrogens (tertiary/aromatic N) is 2. The van der Waals surface area contributed by atoms with Crippen LogP contribution in [0.15, 0.2) is 0 Å². The monoisotopic (exact) mass is 453 g/mol. The fraction of sp³-hybridized carbons (Fsp3) is 0.842. The summed E-state index contributed by atoms with van der Waals surface area (Å²) in [5, 5.41) is 10.3. The second kappa shape index (κ2) is 10.6. The molecule has 0 bridgehead atoms. The van der Waals surface area contributed by atoms with Gasteiger partial charge in [-0.15, -0.1) is 0 Å². The minimum Gasteiger partial charge on any atom is -0.475 e. The van der Waals surface area contributed by atoms with Gasteiger partial charge < -0.3 is 24.8 Å². The first kappa shape index (κ1) is 25.3. The fourth-order valence-electron chi connectivity index (χ4n) is 3.93. The highest BCUT2D eigenvalue weighted by Crippen LogP contribution is 2.31. The lowest BCUT2D eigenvalue weighted by atomic mass is 9.90. The van der Waals surface area contributed by atoms with Crippen molar-refractivity contribution in [2.45, 2.75) is 56.5 Å². The van der Waals surface area contributed by atoms with Crippen molar-refractivity contribution in [1.29, 1.82) is 0 Å². The highest BCUT2D eigenvalue weighted by molar-refractivity contribution is 5.82. The number of amides is 2. The molecule has 3 fully saturated rings. The Morgan fingerprint density at radius 1 is 1.19 bits per heavy atom. The lowest BCUT2D eigenvalue weighted by Crippen LogP contribution is -2.73. The lowest BCUT2D eigenvalue weighted by Gasteiger charge is -2.54. The average Bonchev–Trinajstić information content (AvgIpc) is 3.16. The first-order valence-electron chi connectivity index (χ1n) is 10.3. The Hall–Kier alpha value is -1.92. The van der Waals surface area contributed by atoms with E-state index in [4.69, 9.17) is 19.4 Å². The highest BCUT2D eigenvalue weighted by atomic mass is 19.4. The summed E-state index contributed by atoms with van der Waals surface area (Å²) in [6.45, 7) is 4.79. The van der Waals surface area contributed by atoms with E-state index in [-0.39, 0.29) is 30.1 Å². The van der Waals surface area contributed by atoms with Gasteiger partial charge >= 0.3 is 12.1 Å². The van der Waals surface area contributed by atoms with Gasteiger partial charge in [-0.3, -0.25) is 14.5 Å². The molecule has 1 unspecified atom stereocenters. The molecule has 3 aliphatic rings. The van der Waals surface area contributed by atoms with Crippen LogP contribution in [-0.2, 0) is 23.9 Å². The van der Waals surface area contributed by atoms with Crippen molar-refractivity contribution < 1.29 is 42.1 Å². The lowest BCUT2D eigenvalue weighted by molar-refractivity contribution is -0.202. The summed E-state index contributed by atoms with van der Waals surface area (Å²) in [5.41, 5.74) is -0.319. The third kappa shape index (κ3) is 7.04. The van der Waals surface area contributed by atoms with Gasteiger partial charge in [-0.25, -0.2) is 4.79 Å². The van der Waals surface area contributed by atoms with Crippen LogP contribution in [0, 0.1) is 0 Å². The maximum Gasteiger partial charge on any atom is 0.490 e. The summed E-state index contributed by atoms with van der Waals surface area (Å²) < 4.78 is 42.9. The van der Waals surface area contributed by atoms with Crippen molar-refractivity contribution in [3.63, 3.8) is 0 Å². The van der Waals surface area contributed by atoms with Crippen molar-refractivity contribution in [2.75, 3.05) is 46.5 Å². The molecule has 2 aliphatic heterocycles. The predicted molar refractivity (Wildman–Crippen MR) is 102 cm³/mol. The molecule has 9 nitrogen and oxygen atoms in total. The molecule has 3 rings (SSSR count). The first-order valence-corrected chi connectivity index (χ1v) is 10.3. The standard InChI is InChI=1S/C17H29N3O4.C2HF3O2/c1-3-23-9-15(21)20-11-17(12-20)10-19(2)14(8-24-17)16(22)18-13-6-4-5-7-13;3-2(4,5)1(6)7/h13-14H,3-12H2,1-2H3,(H,18,22);(H,6,7). The number of halogens is 3. The van der Waals surface area contributed by atoms with Crippen molar-refractivity contribution in [3.8, 4) is 0 Å². The molecule has 0 aromatic heterocycles. The molecular formula is C19H30F3N3O6. The number of carbonyl (C=O) groups excluding carboxylic acids is 2. The molecule has 2 amide bonds. The quantitative estimate of drug-likeness (QED) is 0.629. The Balaban J connectivity index is 0.000000423. The van der Waals surface area contributed by atoms with E-state index in [1.165, 1.54) is 12.8 Å². The molecule has 0 radical (unpaired) electrons. The van der Waals surface area contributed by atoms with Gasteiger partial charge in [0.05, 0.1) is 19.7 Å². The van der Waals surface area contributed by atoms with E-state index in [2.05, 4.69) is 10.2 Å². The highest BCUT2D eigenvalue weighted by Gasteiger charge is 2.51. The number of likely N-dealkylation sites (tertiary alicyclic amines) is 1. The minimum absolute atomic E-state index is 0.00910. The normalized spacial score (nSPS) is 23.6. The van der Waals surface area contributed by atoms with Crippen LogP contribution >= 0.6 is 0 Å². The predicted octanol–water partition coefficient (Wildman–Crippen LogP) is 0.627. The van der Waals surface area contributed by atoms with E-state index < -0.39 is 12.1 Å². The van der Waals surface area contributed by atoms with Crippen LogP contribution in [0.3, 0.4) is 0 Å². The second-order valence-electron chi connectivity index (χ2n) is 8.10. The molecule has 1 aliphatic carbocycles. The van der Waals surface area contributed by atoms with Gasteiger partial charge in [-0.2, -0.15) is 13.2 Å². The maximum atomic E-state index is 12.5. The van der Waals surface area contributed by atoms with Crippen LogP contribution in [-0.4, -0.2) is 103 Å². The Morgan fingerprint density at radius 3 is 2.26 bits per heavy atom. The van der Waals surface area contributed by atoms with Crippen LogP contribution in [0.4, 0.5) is 13.2 Å². The molecule has 1 spiro atoms. The topological polar surface area (TPSA) is 108 Å². The number of rotatable bonds is 5. The zero-order valence-electron chi connectivity index (χ0n) is 17.7. The van der Waals surface area contributed by atoms with E-state index in [0.717, 1.165) is 12.8 Å². The summed E-state index contributed by atoms with van der Waals surface area (Å²) >= 11 is 0. The largest absolute Gasteiger partial charge is 0.490 e. The van der Waals surface area contributed by atoms with Crippen LogP contribution < -0.4 is 5.32 Å². The summed E-state index contributed by atoms with van der Waals surface area (Å²) in [6.07, 6.45) is -0.499. The number of carboxylic acids is 1. The molecule has 2 heterocycles. The van der Waals surface area contributed by atoms with E-state index in [9.17, 15) is 22.8 Å². The van der Waals surface area contributed by atoms with Crippen molar-refractivity contribution >= 4 is 17.8 Å². The number of ether oxygens (including phenoxy) is 2. The number of likely N-dealkylation sites (N-methyl/N-ethyl adjacent to an activating group) is 1. The fourth-order valence-corrected chi connectivity index (χ4v) is 3.93. The molecule has 178 valence electrons. The molecule has 2 N–H and O–H groups in total. The Morgan fingerprint density at radius 2 is 1.77 bits per heavy atom. The van der Waals surface area contributed by atoms with E-state index in [0.29, 0.717) is 38.9 Å². The summed E-state index contributed by atoms with van der Waals surface area (Å²) in [6, 6.07) is 0.0987. The smallest absolute Gasteiger partial charge is 0.475 e. The number of hydrogen-bond acceptors (Lipinski definition) is 6. The van der Waals surface area contributed by atoms with Crippen molar-refractivity contribution in [1.82, 2.24) is 15.1 Å². The van der Waals surface area contributed by atoms with Gasteiger partial charge in [-0.1, -0.05) is 12.8 Å². The summed E-state index contributed by atoms with van der Waals surface area (Å²) in [7, 11) is 1.97. The molecule has 31 heavy (non-hydrogen) atoms. The van der Waals surface area contributed by atoms with Crippen LogP contribution in [0.2, 0.25) is 0 Å². The van der Waals surface area contributed by atoms with Crippen LogP contribution in [0.5, 0.6) is 0 Å². The number of nitrogens with one attached hydrogen (secondary N) is 1.